The van der Waals surface area contributed by atoms with Gasteiger partial charge in [0.2, 0.25) is 0 Å². The third-order valence-corrected chi connectivity index (χ3v) is 2.42. The summed E-state index contributed by atoms with van der Waals surface area (Å²) in [5.41, 5.74) is 0.853. The summed E-state index contributed by atoms with van der Waals surface area (Å²) < 4.78 is 0. The lowest BCUT2D eigenvalue weighted by Crippen LogP contribution is -2.28. The fourth-order valence-corrected chi connectivity index (χ4v) is 1.22. The summed E-state index contributed by atoms with van der Waals surface area (Å²) in [4.78, 5) is 10.1. The van der Waals surface area contributed by atoms with Crippen LogP contribution in [0.2, 0.25) is 5.15 Å². The van der Waals surface area contributed by atoms with Crippen LogP contribution < -0.4 is 0 Å². The highest BCUT2D eigenvalue weighted by Gasteiger charge is 2.09. The summed E-state index contributed by atoms with van der Waals surface area (Å²) in [6.45, 7) is 2.68. The molecule has 1 unspecified atom stereocenters. The Morgan fingerprint density at radius 3 is 2.80 bits per heavy atom. The molecule has 4 nitrogen and oxygen atoms in total. The summed E-state index contributed by atoms with van der Waals surface area (Å²) >= 11 is 5.63. The highest BCUT2D eigenvalue weighted by Crippen LogP contribution is 2.07. The van der Waals surface area contributed by atoms with E-state index in [0.29, 0.717) is 18.1 Å². The summed E-state index contributed by atoms with van der Waals surface area (Å²) in [7, 11) is 1.96. The maximum Gasteiger partial charge on any atom is 0.147 e. The molecule has 0 aromatic carbocycles. The second kappa shape index (κ2) is 5.64. The highest BCUT2D eigenvalue weighted by molar-refractivity contribution is 6.29. The lowest BCUT2D eigenvalue weighted by Gasteiger charge is -2.21. The molecular weight excluding hydrogens is 212 g/mol. The summed E-state index contributed by atoms with van der Waals surface area (Å²) in [6.07, 6.45) is 3.69. The minimum Gasteiger partial charge on any atom is -0.297 e. The summed E-state index contributed by atoms with van der Waals surface area (Å²) in [6, 6.07) is 2.36. The first kappa shape index (κ1) is 11.9. The molecule has 15 heavy (non-hydrogen) atoms. The van der Waals surface area contributed by atoms with Gasteiger partial charge in [0, 0.05) is 12.6 Å². The molecule has 0 fully saturated rings. The molecule has 0 aliphatic carbocycles. The van der Waals surface area contributed by atoms with Crippen molar-refractivity contribution >= 4 is 11.6 Å². The molecule has 0 radical (unpaired) electrons. The number of hydrogen-bond donors (Lipinski definition) is 0. The molecule has 0 saturated carbocycles. The molecule has 0 N–H and O–H groups in total. The standard InChI is InChI=1S/C10H13ClN4/c1-8(3-4-12)15(2)7-9-5-14-10(11)6-13-9/h5-6,8H,3,7H2,1-2H3. The highest BCUT2D eigenvalue weighted by atomic mass is 35.5. The molecular formula is C10H13ClN4. The van der Waals surface area contributed by atoms with Crippen LogP contribution in [0.5, 0.6) is 0 Å². The van der Waals surface area contributed by atoms with Gasteiger partial charge in [-0.1, -0.05) is 11.6 Å². The van der Waals surface area contributed by atoms with Gasteiger partial charge in [0.15, 0.2) is 0 Å². The Hall–Kier alpha value is -1.18. The summed E-state index contributed by atoms with van der Waals surface area (Å²) in [5, 5.41) is 8.96. The van der Waals surface area contributed by atoms with Crippen molar-refractivity contribution < 1.29 is 0 Å². The Labute approximate surface area is 94.5 Å². The molecule has 0 spiro atoms. The van der Waals surface area contributed by atoms with E-state index in [9.17, 15) is 0 Å². The monoisotopic (exact) mass is 224 g/mol. The van der Waals surface area contributed by atoms with E-state index in [-0.39, 0.29) is 6.04 Å². The van der Waals surface area contributed by atoms with Crippen LogP contribution in [0.1, 0.15) is 19.0 Å². The maximum absolute atomic E-state index is 8.57. The van der Waals surface area contributed by atoms with Crippen LogP contribution in [0.15, 0.2) is 12.4 Å². The van der Waals surface area contributed by atoms with Crippen LogP contribution in [0, 0.1) is 11.3 Å². The molecule has 0 saturated heterocycles. The van der Waals surface area contributed by atoms with Gasteiger partial charge in [-0.25, -0.2) is 4.98 Å². The SMILES string of the molecule is CC(CC#N)N(C)Cc1cnc(Cl)cn1. The van der Waals surface area contributed by atoms with Crippen molar-refractivity contribution in [3.63, 3.8) is 0 Å². The zero-order valence-corrected chi connectivity index (χ0v) is 9.57. The van der Waals surface area contributed by atoms with Crippen molar-refractivity contribution in [3.8, 4) is 6.07 Å². The largest absolute Gasteiger partial charge is 0.297 e. The van der Waals surface area contributed by atoms with E-state index in [2.05, 4.69) is 20.9 Å². The van der Waals surface area contributed by atoms with Crippen LogP contribution in [-0.4, -0.2) is 28.0 Å². The lowest BCUT2D eigenvalue weighted by molar-refractivity contribution is 0.249. The minimum absolute atomic E-state index is 0.215. The quantitative estimate of drug-likeness (QED) is 0.784. The van der Waals surface area contributed by atoms with Crippen LogP contribution in [0.25, 0.3) is 0 Å². The molecule has 5 heteroatoms. The van der Waals surface area contributed by atoms with E-state index in [1.54, 1.807) is 6.20 Å². The second-order valence-corrected chi connectivity index (χ2v) is 3.84. The molecule has 1 heterocycles. The number of halogens is 1. The van der Waals surface area contributed by atoms with E-state index in [0.717, 1.165) is 5.69 Å². The molecule has 0 bridgehead atoms. The van der Waals surface area contributed by atoms with E-state index >= 15 is 0 Å². The Kier molecular flexibility index (Phi) is 4.47. The van der Waals surface area contributed by atoms with Crippen molar-refractivity contribution in [2.75, 3.05) is 7.05 Å². The van der Waals surface area contributed by atoms with E-state index < -0.39 is 0 Å². The molecule has 1 rings (SSSR count). The van der Waals surface area contributed by atoms with E-state index in [4.69, 9.17) is 16.9 Å². The molecule has 0 aliphatic rings. The number of nitriles is 1. The molecule has 1 aromatic heterocycles. The molecule has 0 amide bonds. The Morgan fingerprint density at radius 1 is 1.53 bits per heavy atom. The fourth-order valence-electron chi connectivity index (χ4n) is 1.12. The number of nitrogens with zero attached hydrogens (tertiary/aromatic N) is 4. The first-order valence-corrected chi connectivity index (χ1v) is 5.05. The van der Waals surface area contributed by atoms with Crippen molar-refractivity contribution in [1.29, 1.82) is 5.26 Å². The lowest BCUT2D eigenvalue weighted by atomic mass is 10.2. The van der Waals surface area contributed by atoms with Crippen LogP contribution in [0.4, 0.5) is 0 Å². The smallest absolute Gasteiger partial charge is 0.147 e. The fraction of sp³-hybridized carbons (Fsp3) is 0.500. The van der Waals surface area contributed by atoms with Crippen LogP contribution in [-0.2, 0) is 6.54 Å². The predicted molar refractivity (Wildman–Crippen MR) is 58.2 cm³/mol. The van der Waals surface area contributed by atoms with Gasteiger partial charge in [-0.2, -0.15) is 5.26 Å². The number of aromatic nitrogens is 2. The van der Waals surface area contributed by atoms with Crippen molar-refractivity contribution in [2.24, 2.45) is 0 Å². The number of hydrogen-bond acceptors (Lipinski definition) is 4. The van der Waals surface area contributed by atoms with Crippen molar-refractivity contribution in [1.82, 2.24) is 14.9 Å². The Morgan fingerprint density at radius 2 is 2.27 bits per heavy atom. The average molecular weight is 225 g/mol. The van der Waals surface area contributed by atoms with Crippen LogP contribution in [0.3, 0.4) is 0 Å². The first-order chi connectivity index (χ1) is 7.13. The average Bonchev–Trinajstić information content (AvgIpc) is 2.22. The van der Waals surface area contributed by atoms with Gasteiger partial charge in [0.25, 0.3) is 0 Å². The van der Waals surface area contributed by atoms with Crippen molar-refractivity contribution in [3.05, 3.63) is 23.2 Å². The van der Waals surface area contributed by atoms with Gasteiger partial charge >= 0.3 is 0 Å². The maximum atomic E-state index is 8.57. The molecule has 1 aromatic rings. The Bertz CT molecular complexity index is 343. The van der Waals surface area contributed by atoms with E-state index in [1.807, 2.05) is 14.0 Å². The van der Waals surface area contributed by atoms with Gasteiger partial charge < -0.3 is 0 Å². The molecule has 80 valence electrons. The van der Waals surface area contributed by atoms with Crippen molar-refractivity contribution in [2.45, 2.75) is 25.9 Å². The predicted octanol–water partition coefficient (Wildman–Crippen LogP) is 1.86. The van der Waals surface area contributed by atoms with Gasteiger partial charge in [0.1, 0.15) is 5.15 Å². The third kappa shape index (κ3) is 3.82. The van der Waals surface area contributed by atoms with Gasteiger partial charge in [-0.05, 0) is 14.0 Å². The topological polar surface area (TPSA) is 52.8 Å². The van der Waals surface area contributed by atoms with Crippen LogP contribution >= 0.6 is 11.6 Å². The minimum atomic E-state index is 0.215. The Balaban J connectivity index is 2.55. The zero-order chi connectivity index (χ0) is 11.3. The number of rotatable bonds is 4. The molecule has 0 aliphatic heterocycles. The first-order valence-electron chi connectivity index (χ1n) is 4.67. The normalized spacial score (nSPS) is 12.5. The molecule has 1 atom stereocenters. The third-order valence-electron chi connectivity index (χ3n) is 2.22. The second-order valence-electron chi connectivity index (χ2n) is 3.46. The summed E-state index contributed by atoms with van der Waals surface area (Å²) in [5.74, 6) is 0. The zero-order valence-electron chi connectivity index (χ0n) is 8.81. The van der Waals surface area contributed by atoms with Gasteiger partial charge in [-0.3, -0.25) is 9.88 Å². The van der Waals surface area contributed by atoms with Gasteiger partial charge in [0.05, 0.1) is 30.6 Å². The van der Waals surface area contributed by atoms with E-state index in [1.165, 1.54) is 6.20 Å². The van der Waals surface area contributed by atoms with Gasteiger partial charge in [-0.15, -0.1) is 0 Å².